The molecule has 0 fully saturated rings. The summed E-state index contributed by atoms with van der Waals surface area (Å²) >= 11 is 0. The number of carbonyl (C=O) groups is 1. The number of nitrogens with two attached hydrogens (primary N) is 1. The van der Waals surface area contributed by atoms with Gasteiger partial charge in [0.2, 0.25) is 5.90 Å². The summed E-state index contributed by atoms with van der Waals surface area (Å²) in [7, 11) is 0. The molecule has 3 aromatic carbocycles. The lowest BCUT2D eigenvalue weighted by molar-refractivity contribution is -0.137. The van der Waals surface area contributed by atoms with Crippen molar-refractivity contribution in [1.29, 1.82) is 0 Å². The number of aliphatic imine (C=N–C) groups is 2. The van der Waals surface area contributed by atoms with Crippen molar-refractivity contribution in [2.24, 2.45) is 15.7 Å². The van der Waals surface area contributed by atoms with Crippen LogP contribution in [-0.4, -0.2) is 30.3 Å². The molecule has 0 aliphatic carbocycles. The van der Waals surface area contributed by atoms with Crippen molar-refractivity contribution in [2.75, 3.05) is 6.61 Å². The Balaban J connectivity index is 1.87. The van der Waals surface area contributed by atoms with Crippen molar-refractivity contribution in [3.05, 3.63) is 113 Å². The van der Waals surface area contributed by atoms with E-state index in [1.807, 2.05) is 18.2 Å². The Bertz CT molecular complexity index is 1430. The number of hydrogen-bond donors (Lipinski definition) is 2. The van der Waals surface area contributed by atoms with Gasteiger partial charge >= 0.3 is 6.18 Å². The first-order valence-corrected chi connectivity index (χ1v) is 12.1. The Morgan fingerprint density at radius 3 is 2.36 bits per heavy atom. The van der Waals surface area contributed by atoms with Gasteiger partial charge < -0.3 is 15.8 Å². The number of ether oxygens (including phenoxy) is 1. The molecule has 2 atom stereocenters. The molecule has 39 heavy (non-hydrogen) atoms. The van der Waals surface area contributed by atoms with Gasteiger partial charge in [0.05, 0.1) is 17.9 Å². The summed E-state index contributed by atoms with van der Waals surface area (Å²) < 4.78 is 59.6. The molecule has 0 radical (unpaired) electrons. The minimum atomic E-state index is -4.62. The van der Waals surface area contributed by atoms with Crippen LogP contribution in [-0.2, 0) is 10.9 Å². The smallest absolute Gasteiger partial charge is 0.416 e. The van der Waals surface area contributed by atoms with Crippen LogP contribution in [0.4, 0.5) is 23.2 Å². The van der Waals surface area contributed by atoms with Crippen LogP contribution in [0.25, 0.3) is 0 Å². The van der Waals surface area contributed by atoms with Gasteiger partial charge in [-0.3, -0.25) is 4.79 Å². The summed E-state index contributed by atoms with van der Waals surface area (Å²) in [4.78, 5) is 22.5. The largest absolute Gasteiger partial charge is 0.479 e. The average molecular weight is 539 g/mol. The number of amidine groups is 1. The monoisotopic (exact) mass is 538 g/mol. The van der Waals surface area contributed by atoms with E-state index in [0.717, 1.165) is 18.2 Å². The van der Waals surface area contributed by atoms with Crippen LogP contribution in [0.15, 0.2) is 100 Å². The SMILES string of the molecule is CCOC1=NC(=Nc2ccccc2)/C(=C(/C)N)[C@H](c2ccc(F)cc2)C1NC(=O)c1cccc(C(F)(F)F)c1. The number of amides is 1. The van der Waals surface area contributed by atoms with E-state index in [4.69, 9.17) is 10.5 Å². The van der Waals surface area contributed by atoms with Crippen molar-refractivity contribution in [1.82, 2.24) is 5.32 Å². The fraction of sp³-hybridized carbons (Fsp3) is 0.207. The van der Waals surface area contributed by atoms with Gasteiger partial charge in [0.25, 0.3) is 5.91 Å². The van der Waals surface area contributed by atoms with Gasteiger partial charge in [0.1, 0.15) is 11.9 Å². The lowest BCUT2D eigenvalue weighted by Crippen LogP contribution is -2.50. The van der Waals surface area contributed by atoms with E-state index < -0.39 is 35.4 Å². The minimum absolute atomic E-state index is 0.0897. The molecule has 1 amide bonds. The topological polar surface area (TPSA) is 89.1 Å². The lowest BCUT2D eigenvalue weighted by Gasteiger charge is -2.35. The molecule has 1 unspecified atom stereocenters. The van der Waals surface area contributed by atoms with Crippen molar-refractivity contribution in [2.45, 2.75) is 32.0 Å². The number of carbonyl (C=O) groups excluding carboxylic acids is 1. The highest BCUT2D eigenvalue weighted by molar-refractivity contribution is 6.13. The molecule has 1 aliphatic heterocycles. The molecule has 0 saturated carbocycles. The number of rotatable bonds is 5. The first kappa shape index (κ1) is 27.6. The third-order valence-corrected chi connectivity index (χ3v) is 6.04. The van der Waals surface area contributed by atoms with Gasteiger partial charge in [-0.05, 0) is 61.9 Å². The number of para-hydroxylation sites is 1. The van der Waals surface area contributed by atoms with Crippen LogP contribution in [0.5, 0.6) is 0 Å². The predicted molar refractivity (Wildman–Crippen MR) is 141 cm³/mol. The lowest BCUT2D eigenvalue weighted by atomic mass is 9.80. The summed E-state index contributed by atoms with van der Waals surface area (Å²) in [5.41, 5.74) is 7.15. The van der Waals surface area contributed by atoms with Crippen LogP contribution in [0.1, 0.15) is 41.3 Å². The Morgan fingerprint density at radius 1 is 1.05 bits per heavy atom. The third kappa shape index (κ3) is 6.34. The summed E-state index contributed by atoms with van der Waals surface area (Å²) in [6.45, 7) is 3.57. The third-order valence-electron chi connectivity index (χ3n) is 6.04. The average Bonchev–Trinajstić information content (AvgIpc) is 2.90. The fourth-order valence-corrected chi connectivity index (χ4v) is 4.32. The molecule has 1 heterocycles. The molecule has 0 bridgehead atoms. The zero-order chi connectivity index (χ0) is 28.2. The maximum absolute atomic E-state index is 13.9. The second-order valence-electron chi connectivity index (χ2n) is 8.81. The normalized spacial score (nSPS) is 19.8. The van der Waals surface area contributed by atoms with Gasteiger partial charge in [-0.25, -0.2) is 9.38 Å². The van der Waals surface area contributed by atoms with Crippen LogP contribution >= 0.6 is 0 Å². The molecule has 3 N–H and O–H groups in total. The Kier molecular flexibility index (Phi) is 8.13. The molecule has 1 aliphatic rings. The first-order valence-electron chi connectivity index (χ1n) is 12.1. The van der Waals surface area contributed by atoms with Crippen molar-refractivity contribution in [3.8, 4) is 0 Å². The van der Waals surface area contributed by atoms with Gasteiger partial charge in [0.15, 0.2) is 5.84 Å². The van der Waals surface area contributed by atoms with Crippen molar-refractivity contribution in [3.63, 3.8) is 0 Å². The van der Waals surface area contributed by atoms with Crippen molar-refractivity contribution < 1.29 is 27.1 Å². The number of nitrogens with zero attached hydrogens (tertiary/aromatic N) is 2. The van der Waals surface area contributed by atoms with Crippen molar-refractivity contribution >= 4 is 23.3 Å². The van der Waals surface area contributed by atoms with E-state index in [-0.39, 0.29) is 23.9 Å². The minimum Gasteiger partial charge on any atom is -0.479 e. The molecule has 4 rings (SSSR count). The number of benzene rings is 3. The second-order valence-corrected chi connectivity index (χ2v) is 8.81. The van der Waals surface area contributed by atoms with Gasteiger partial charge in [-0.2, -0.15) is 18.2 Å². The zero-order valence-electron chi connectivity index (χ0n) is 21.2. The molecule has 6 nitrogen and oxygen atoms in total. The predicted octanol–water partition coefficient (Wildman–Crippen LogP) is 6.14. The van der Waals surface area contributed by atoms with Gasteiger partial charge in [0, 0.05) is 22.8 Å². The molecule has 10 heteroatoms. The van der Waals surface area contributed by atoms with Gasteiger partial charge in [-0.1, -0.05) is 36.4 Å². The maximum atomic E-state index is 13.9. The molecule has 3 aromatic rings. The van der Waals surface area contributed by atoms with E-state index in [1.165, 1.54) is 18.2 Å². The van der Waals surface area contributed by atoms with E-state index in [2.05, 4.69) is 15.3 Å². The van der Waals surface area contributed by atoms with Crippen LogP contribution in [0.3, 0.4) is 0 Å². The van der Waals surface area contributed by atoms with Crippen LogP contribution < -0.4 is 11.1 Å². The molecule has 0 aromatic heterocycles. The highest BCUT2D eigenvalue weighted by Crippen LogP contribution is 2.37. The number of allylic oxidation sites excluding steroid dienone is 1. The summed E-state index contributed by atoms with van der Waals surface area (Å²) in [5.74, 6) is -1.66. The first-order chi connectivity index (χ1) is 18.6. The Labute approximate surface area is 222 Å². The van der Waals surface area contributed by atoms with E-state index in [1.54, 1.807) is 38.1 Å². The number of halogens is 4. The van der Waals surface area contributed by atoms with E-state index in [9.17, 15) is 22.4 Å². The summed E-state index contributed by atoms with van der Waals surface area (Å²) in [6.07, 6.45) is -4.62. The number of nitrogens with one attached hydrogen (secondary N) is 1. The highest BCUT2D eigenvalue weighted by atomic mass is 19.4. The number of alkyl halides is 3. The summed E-state index contributed by atoms with van der Waals surface area (Å²) in [6, 6.07) is 17.8. The molecular weight excluding hydrogens is 512 g/mol. The number of hydrogen-bond acceptors (Lipinski definition) is 4. The van der Waals surface area contributed by atoms with Crippen LogP contribution in [0.2, 0.25) is 0 Å². The van der Waals surface area contributed by atoms with Gasteiger partial charge in [-0.15, -0.1) is 0 Å². The molecule has 202 valence electrons. The standard InChI is InChI=1S/C29H26F4N4O2/c1-3-39-28-25(36-27(38)19-8-7-9-20(16-19)29(31,32)33)24(18-12-14-21(30)15-13-18)23(17(2)34)26(37-28)35-22-10-5-4-6-11-22/h4-16,24-25H,3,34H2,1-2H3,(H,36,38)/b23-17-,35-26?/t24-,25?/m0/s1. The molecule has 0 saturated heterocycles. The van der Waals surface area contributed by atoms with Crippen LogP contribution in [0, 0.1) is 5.82 Å². The van der Waals surface area contributed by atoms with E-state index in [0.29, 0.717) is 22.5 Å². The molecule has 0 spiro atoms. The highest BCUT2D eigenvalue weighted by Gasteiger charge is 2.41. The Hall–Kier alpha value is -4.47. The zero-order valence-corrected chi connectivity index (χ0v) is 21.2. The second kappa shape index (κ2) is 11.5. The molecular formula is C29H26F4N4O2. The maximum Gasteiger partial charge on any atom is 0.416 e. The quantitative estimate of drug-likeness (QED) is 0.383. The fourth-order valence-electron chi connectivity index (χ4n) is 4.32. The Morgan fingerprint density at radius 2 is 1.74 bits per heavy atom. The van der Waals surface area contributed by atoms with E-state index >= 15 is 0 Å². The summed E-state index contributed by atoms with van der Waals surface area (Å²) in [5, 5.41) is 2.78.